The van der Waals surface area contributed by atoms with Gasteiger partial charge in [0, 0.05) is 44.0 Å². The van der Waals surface area contributed by atoms with Crippen molar-refractivity contribution >= 4 is 29.0 Å². The Bertz CT molecular complexity index is 927. The van der Waals surface area contributed by atoms with E-state index in [1.54, 1.807) is 24.4 Å². The highest BCUT2D eigenvalue weighted by molar-refractivity contribution is 6.33. The summed E-state index contributed by atoms with van der Waals surface area (Å²) in [6.45, 7) is 3.55. The summed E-state index contributed by atoms with van der Waals surface area (Å²) in [5.74, 6) is 0.637. The topological polar surface area (TPSA) is 72.3 Å². The Morgan fingerprint density at radius 3 is 2.59 bits per heavy atom. The number of piperidine rings is 1. The summed E-state index contributed by atoms with van der Waals surface area (Å²) in [4.78, 5) is 21.4. The van der Waals surface area contributed by atoms with Crippen LogP contribution in [0, 0.1) is 11.3 Å². The van der Waals surface area contributed by atoms with Crippen molar-refractivity contribution in [2.75, 3.05) is 36.0 Å². The van der Waals surface area contributed by atoms with Gasteiger partial charge >= 0.3 is 0 Å². The van der Waals surface area contributed by atoms with Crippen molar-refractivity contribution in [3.63, 3.8) is 0 Å². The molecule has 0 saturated carbocycles. The molecule has 2 aromatic rings. The largest absolute Gasteiger partial charge is 0.370 e. The van der Waals surface area contributed by atoms with Crippen molar-refractivity contribution < 1.29 is 4.79 Å². The van der Waals surface area contributed by atoms with E-state index < -0.39 is 0 Å². The number of aromatic nitrogens is 1. The molecule has 1 aromatic carbocycles. The molecule has 0 unspecified atom stereocenters. The number of benzene rings is 1. The van der Waals surface area contributed by atoms with E-state index in [0.717, 1.165) is 50.5 Å². The third-order valence-electron chi connectivity index (χ3n) is 5.69. The number of amides is 1. The summed E-state index contributed by atoms with van der Waals surface area (Å²) in [5.41, 5.74) is 2.19. The zero-order chi connectivity index (χ0) is 20.2. The second-order valence-electron chi connectivity index (χ2n) is 7.58. The van der Waals surface area contributed by atoms with Gasteiger partial charge in [0.05, 0.1) is 16.3 Å². The van der Waals surface area contributed by atoms with Gasteiger partial charge in [-0.15, -0.1) is 0 Å². The minimum absolute atomic E-state index is 0.0890. The molecule has 0 bridgehead atoms. The molecule has 2 aliphatic rings. The van der Waals surface area contributed by atoms with E-state index in [1.807, 2.05) is 12.1 Å². The van der Waals surface area contributed by atoms with Gasteiger partial charge in [-0.3, -0.25) is 4.79 Å². The van der Waals surface area contributed by atoms with Crippen molar-refractivity contribution in [3.05, 3.63) is 52.7 Å². The quantitative estimate of drug-likeness (QED) is 0.835. The van der Waals surface area contributed by atoms with Crippen LogP contribution in [0.15, 0.2) is 36.5 Å². The second kappa shape index (κ2) is 8.71. The lowest BCUT2D eigenvalue weighted by molar-refractivity contribution is 0.0931. The maximum atomic E-state index is 12.7. The molecule has 0 atom stereocenters. The predicted octanol–water partition coefficient (Wildman–Crippen LogP) is 3.61. The number of carbonyl (C=O) groups is 1. The fourth-order valence-electron chi connectivity index (χ4n) is 4.10. The monoisotopic (exact) mass is 409 g/mol. The fourth-order valence-corrected chi connectivity index (χ4v) is 4.40. The molecule has 29 heavy (non-hydrogen) atoms. The summed E-state index contributed by atoms with van der Waals surface area (Å²) < 4.78 is 0. The average molecular weight is 410 g/mol. The van der Waals surface area contributed by atoms with Crippen LogP contribution in [0.1, 0.15) is 41.6 Å². The molecule has 1 aromatic heterocycles. The Morgan fingerprint density at radius 2 is 1.90 bits per heavy atom. The lowest BCUT2D eigenvalue weighted by atomic mass is 10.0. The summed E-state index contributed by atoms with van der Waals surface area (Å²) in [6, 6.07) is 11.4. The summed E-state index contributed by atoms with van der Waals surface area (Å²) in [6.07, 6.45) is 5.70. The van der Waals surface area contributed by atoms with E-state index in [2.05, 4.69) is 26.2 Å². The minimum atomic E-state index is -0.0890. The van der Waals surface area contributed by atoms with Crippen molar-refractivity contribution in [1.82, 2.24) is 10.3 Å². The number of halogens is 1. The van der Waals surface area contributed by atoms with E-state index in [9.17, 15) is 10.1 Å². The van der Waals surface area contributed by atoms with E-state index in [0.29, 0.717) is 16.1 Å². The molecule has 2 aliphatic heterocycles. The Balaban J connectivity index is 1.35. The lowest BCUT2D eigenvalue weighted by Crippen LogP contribution is -2.45. The molecule has 6 nitrogen and oxygen atoms in total. The van der Waals surface area contributed by atoms with Gasteiger partial charge in [0.1, 0.15) is 11.9 Å². The van der Waals surface area contributed by atoms with Crippen LogP contribution in [0.3, 0.4) is 0 Å². The number of hydrogen-bond donors (Lipinski definition) is 1. The average Bonchev–Trinajstić information content (AvgIpc) is 3.29. The maximum absolute atomic E-state index is 12.7. The van der Waals surface area contributed by atoms with Gasteiger partial charge in [-0.1, -0.05) is 11.6 Å². The highest BCUT2D eigenvalue weighted by Crippen LogP contribution is 2.30. The number of nitrogens with zero attached hydrogens (tertiary/aromatic N) is 4. The summed E-state index contributed by atoms with van der Waals surface area (Å²) >= 11 is 6.45. The van der Waals surface area contributed by atoms with E-state index in [1.165, 1.54) is 12.8 Å². The molecule has 1 amide bonds. The smallest absolute Gasteiger partial charge is 0.251 e. The van der Waals surface area contributed by atoms with Crippen molar-refractivity contribution in [1.29, 1.82) is 5.26 Å². The van der Waals surface area contributed by atoms with Crippen LogP contribution in [-0.2, 0) is 0 Å². The Morgan fingerprint density at radius 1 is 1.14 bits per heavy atom. The second-order valence-corrected chi connectivity index (χ2v) is 7.99. The summed E-state index contributed by atoms with van der Waals surface area (Å²) in [7, 11) is 0. The first-order valence-electron chi connectivity index (χ1n) is 10.1. The normalized spacial score (nSPS) is 17.2. The Labute approximate surface area is 176 Å². The van der Waals surface area contributed by atoms with Crippen molar-refractivity contribution in [2.45, 2.75) is 31.7 Å². The maximum Gasteiger partial charge on any atom is 0.251 e. The highest BCUT2D eigenvalue weighted by atomic mass is 35.5. The van der Waals surface area contributed by atoms with Crippen LogP contribution >= 0.6 is 11.6 Å². The van der Waals surface area contributed by atoms with Crippen molar-refractivity contribution in [3.8, 4) is 6.07 Å². The molecule has 150 valence electrons. The number of nitrogens with one attached hydrogen (secondary N) is 1. The van der Waals surface area contributed by atoms with Crippen LogP contribution < -0.4 is 15.1 Å². The predicted molar refractivity (Wildman–Crippen MR) is 115 cm³/mol. The molecule has 7 heteroatoms. The van der Waals surface area contributed by atoms with E-state index >= 15 is 0 Å². The SMILES string of the molecule is N#Cc1cccnc1N1CCC(NC(=O)c2ccc(N3CCCC3)c(Cl)c2)CC1. The van der Waals surface area contributed by atoms with Crippen LogP contribution in [-0.4, -0.2) is 43.1 Å². The van der Waals surface area contributed by atoms with Crippen LogP contribution in [0.5, 0.6) is 0 Å². The van der Waals surface area contributed by atoms with E-state index in [4.69, 9.17) is 11.6 Å². The number of hydrogen-bond acceptors (Lipinski definition) is 5. The lowest BCUT2D eigenvalue weighted by Gasteiger charge is -2.33. The number of carbonyl (C=O) groups excluding carboxylic acids is 1. The molecular weight excluding hydrogens is 386 g/mol. The third kappa shape index (κ3) is 4.30. The van der Waals surface area contributed by atoms with Gasteiger partial charge in [-0.2, -0.15) is 5.26 Å². The highest BCUT2D eigenvalue weighted by Gasteiger charge is 2.24. The van der Waals surface area contributed by atoms with Gasteiger partial charge in [0.15, 0.2) is 0 Å². The third-order valence-corrected chi connectivity index (χ3v) is 6.00. The fraction of sp³-hybridized carbons (Fsp3) is 0.409. The minimum Gasteiger partial charge on any atom is -0.370 e. The zero-order valence-electron chi connectivity index (χ0n) is 16.3. The van der Waals surface area contributed by atoms with Gasteiger partial charge < -0.3 is 15.1 Å². The standard InChI is InChI=1S/C22H24ClN5O/c23-19-14-16(5-6-20(19)27-10-1-2-11-27)22(29)26-18-7-12-28(13-8-18)21-17(15-24)4-3-9-25-21/h3-6,9,14,18H,1-2,7-8,10-13H2,(H,26,29). The molecule has 2 saturated heterocycles. The van der Waals surface area contributed by atoms with E-state index in [-0.39, 0.29) is 11.9 Å². The number of rotatable bonds is 4. The van der Waals surface area contributed by atoms with Crippen LogP contribution in [0.25, 0.3) is 0 Å². The van der Waals surface area contributed by atoms with Crippen LogP contribution in [0.2, 0.25) is 5.02 Å². The number of nitriles is 1. The Kier molecular flexibility index (Phi) is 5.86. The summed E-state index contributed by atoms with van der Waals surface area (Å²) in [5, 5.41) is 13.0. The first-order chi connectivity index (χ1) is 14.2. The zero-order valence-corrected chi connectivity index (χ0v) is 17.0. The first kappa shape index (κ1) is 19.5. The molecular formula is C22H24ClN5O. The van der Waals surface area contributed by atoms with Crippen molar-refractivity contribution in [2.24, 2.45) is 0 Å². The molecule has 4 rings (SSSR count). The number of anilines is 2. The van der Waals surface area contributed by atoms with Gasteiger partial charge in [-0.25, -0.2) is 4.98 Å². The molecule has 0 spiro atoms. The molecule has 1 N–H and O–H groups in total. The van der Waals surface area contributed by atoms with Gasteiger partial charge in [0.25, 0.3) is 5.91 Å². The number of pyridine rings is 1. The molecule has 3 heterocycles. The molecule has 0 radical (unpaired) electrons. The molecule has 0 aliphatic carbocycles. The first-order valence-corrected chi connectivity index (χ1v) is 10.5. The van der Waals surface area contributed by atoms with Gasteiger partial charge in [-0.05, 0) is 56.0 Å². The molecule has 2 fully saturated rings. The Hall–Kier alpha value is -2.78. The van der Waals surface area contributed by atoms with Crippen LogP contribution in [0.4, 0.5) is 11.5 Å². The van der Waals surface area contributed by atoms with Gasteiger partial charge in [0.2, 0.25) is 0 Å².